The van der Waals surface area contributed by atoms with E-state index >= 15 is 0 Å². The molecule has 0 radical (unpaired) electrons. The Kier molecular flexibility index (Phi) is 3.77. The van der Waals surface area contributed by atoms with Crippen molar-refractivity contribution in [3.8, 4) is 12.0 Å². The van der Waals surface area contributed by atoms with Gasteiger partial charge in [0.25, 0.3) is 5.95 Å². The number of ether oxygens (including phenoxy) is 1. The Bertz CT molecular complexity index is 575. The molecule has 1 saturated carbocycles. The summed E-state index contributed by atoms with van der Waals surface area (Å²) in [6, 6.07) is 0.245. The molecule has 0 bridgehead atoms. The third kappa shape index (κ3) is 3.04. The molecule has 0 amide bonds. The van der Waals surface area contributed by atoms with Gasteiger partial charge >= 0.3 is 6.01 Å². The molecule has 7 nitrogen and oxygen atoms in total. The van der Waals surface area contributed by atoms with E-state index < -0.39 is 0 Å². The molecule has 0 spiro atoms. The SMILES string of the molecule is CC1CCCC(Oc2nc(Cl)nc(-n3cncn3)n2)C1. The standard InChI is InChI=1S/C12H15ClN6O/c1-8-3-2-4-9(5-8)20-12-17-10(13)16-11(18-12)19-7-14-6-15-19/h6-9H,2-5H2,1H3. The summed E-state index contributed by atoms with van der Waals surface area (Å²) in [4.78, 5) is 16.1. The Morgan fingerprint density at radius 1 is 1.30 bits per heavy atom. The van der Waals surface area contributed by atoms with E-state index in [4.69, 9.17) is 16.3 Å². The minimum absolute atomic E-state index is 0.0874. The second-order valence-corrected chi connectivity index (χ2v) is 5.38. The van der Waals surface area contributed by atoms with Crippen LogP contribution in [0, 0.1) is 5.92 Å². The summed E-state index contributed by atoms with van der Waals surface area (Å²) >= 11 is 5.91. The van der Waals surface area contributed by atoms with E-state index in [0.717, 1.165) is 12.8 Å². The quantitative estimate of drug-likeness (QED) is 0.862. The van der Waals surface area contributed by atoms with Crippen molar-refractivity contribution in [2.75, 3.05) is 0 Å². The highest BCUT2D eigenvalue weighted by molar-refractivity contribution is 6.28. The van der Waals surface area contributed by atoms with Crippen LogP contribution in [0.2, 0.25) is 5.28 Å². The Balaban J connectivity index is 1.79. The van der Waals surface area contributed by atoms with Gasteiger partial charge in [-0.2, -0.15) is 24.7 Å². The van der Waals surface area contributed by atoms with Crippen LogP contribution in [-0.4, -0.2) is 35.8 Å². The third-order valence-corrected chi connectivity index (χ3v) is 3.53. The third-order valence-electron chi connectivity index (χ3n) is 3.36. The number of hydrogen-bond acceptors (Lipinski definition) is 6. The molecule has 8 heteroatoms. The molecule has 2 heterocycles. The fourth-order valence-corrected chi connectivity index (χ4v) is 2.57. The maximum atomic E-state index is 5.91. The molecule has 2 aromatic rings. The van der Waals surface area contributed by atoms with Crippen LogP contribution in [0.1, 0.15) is 32.6 Å². The molecule has 3 rings (SSSR count). The lowest BCUT2D eigenvalue weighted by Gasteiger charge is -2.26. The highest BCUT2D eigenvalue weighted by Gasteiger charge is 2.22. The van der Waals surface area contributed by atoms with Crippen LogP contribution >= 0.6 is 11.6 Å². The van der Waals surface area contributed by atoms with Crippen molar-refractivity contribution in [1.82, 2.24) is 29.7 Å². The maximum Gasteiger partial charge on any atom is 0.322 e. The van der Waals surface area contributed by atoms with E-state index in [1.807, 2.05) is 0 Å². The zero-order chi connectivity index (χ0) is 13.9. The fraction of sp³-hybridized carbons (Fsp3) is 0.583. The minimum atomic E-state index is 0.0874. The zero-order valence-corrected chi connectivity index (χ0v) is 11.9. The van der Waals surface area contributed by atoms with E-state index in [9.17, 15) is 0 Å². The second kappa shape index (κ2) is 5.70. The highest BCUT2D eigenvalue weighted by Crippen LogP contribution is 2.26. The van der Waals surface area contributed by atoms with Crippen molar-refractivity contribution < 1.29 is 4.74 Å². The normalized spacial score (nSPS) is 22.7. The first kappa shape index (κ1) is 13.2. The summed E-state index contributed by atoms with van der Waals surface area (Å²) in [6.45, 7) is 2.23. The van der Waals surface area contributed by atoms with Crippen LogP contribution in [0.25, 0.3) is 5.95 Å². The summed E-state index contributed by atoms with van der Waals surface area (Å²) in [7, 11) is 0. The Morgan fingerprint density at radius 2 is 2.20 bits per heavy atom. The fourth-order valence-electron chi connectivity index (χ4n) is 2.42. The molecule has 2 aromatic heterocycles. The summed E-state index contributed by atoms with van der Waals surface area (Å²) in [5.41, 5.74) is 0. The van der Waals surface area contributed by atoms with Gasteiger partial charge in [0.15, 0.2) is 0 Å². The molecule has 0 aromatic carbocycles. The number of aromatic nitrogens is 6. The summed E-state index contributed by atoms with van der Waals surface area (Å²) < 4.78 is 7.26. The molecule has 20 heavy (non-hydrogen) atoms. The molecule has 1 aliphatic rings. The van der Waals surface area contributed by atoms with Gasteiger partial charge in [0.05, 0.1) is 0 Å². The van der Waals surface area contributed by atoms with Crippen LogP contribution < -0.4 is 4.74 Å². The van der Waals surface area contributed by atoms with Gasteiger partial charge in [-0.3, -0.25) is 0 Å². The Hall–Kier alpha value is -1.76. The topological polar surface area (TPSA) is 78.6 Å². The van der Waals surface area contributed by atoms with Gasteiger partial charge in [-0.15, -0.1) is 0 Å². The van der Waals surface area contributed by atoms with Gasteiger partial charge in [0.2, 0.25) is 5.28 Å². The molecule has 2 atom stereocenters. The highest BCUT2D eigenvalue weighted by atomic mass is 35.5. The van der Waals surface area contributed by atoms with E-state index in [1.54, 1.807) is 0 Å². The molecule has 2 unspecified atom stereocenters. The van der Waals surface area contributed by atoms with Crippen molar-refractivity contribution >= 4 is 11.6 Å². The van der Waals surface area contributed by atoms with Crippen molar-refractivity contribution in [2.45, 2.75) is 38.7 Å². The van der Waals surface area contributed by atoms with E-state index in [0.29, 0.717) is 11.9 Å². The molecule has 1 fully saturated rings. The van der Waals surface area contributed by atoms with E-state index in [-0.39, 0.29) is 17.4 Å². The smallest absolute Gasteiger partial charge is 0.322 e. The second-order valence-electron chi connectivity index (χ2n) is 5.04. The largest absolute Gasteiger partial charge is 0.460 e. The Labute approximate surface area is 121 Å². The summed E-state index contributed by atoms with van der Waals surface area (Å²) in [6.07, 6.45) is 7.50. The summed E-state index contributed by atoms with van der Waals surface area (Å²) in [5, 5.41) is 4.05. The Morgan fingerprint density at radius 3 is 2.95 bits per heavy atom. The summed E-state index contributed by atoms with van der Waals surface area (Å²) in [5.74, 6) is 0.974. The number of rotatable bonds is 3. The first-order valence-electron chi connectivity index (χ1n) is 6.64. The predicted molar refractivity (Wildman–Crippen MR) is 71.8 cm³/mol. The molecule has 1 aliphatic carbocycles. The lowest BCUT2D eigenvalue weighted by molar-refractivity contribution is 0.118. The van der Waals surface area contributed by atoms with E-state index in [2.05, 4.69) is 32.0 Å². The van der Waals surface area contributed by atoms with Gasteiger partial charge < -0.3 is 4.74 Å². The van der Waals surface area contributed by atoms with Crippen molar-refractivity contribution in [3.63, 3.8) is 0 Å². The first-order chi connectivity index (χ1) is 9.70. The lowest BCUT2D eigenvalue weighted by Crippen LogP contribution is -2.25. The van der Waals surface area contributed by atoms with Gasteiger partial charge in [-0.25, -0.2) is 4.98 Å². The minimum Gasteiger partial charge on any atom is -0.460 e. The zero-order valence-electron chi connectivity index (χ0n) is 11.1. The average molecular weight is 295 g/mol. The number of nitrogens with zero attached hydrogens (tertiary/aromatic N) is 6. The molecular formula is C12H15ClN6O. The molecule has 0 saturated heterocycles. The van der Waals surface area contributed by atoms with Crippen molar-refractivity contribution in [1.29, 1.82) is 0 Å². The molecular weight excluding hydrogens is 280 g/mol. The van der Waals surface area contributed by atoms with Gasteiger partial charge in [-0.1, -0.05) is 13.3 Å². The lowest BCUT2D eigenvalue weighted by atomic mass is 9.89. The van der Waals surface area contributed by atoms with Crippen LogP contribution in [0.15, 0.2) is 12.7 Å². The molecule has 0 N–H and O–H groups in total. The molecule has 0 aliphatic heterocycles. The predicted octanol–water partition coefficient (Wildman–Crippen LogP) is 2.06. The van der Waals surface area contributed by atoms with Crippen LogP contribution in [0.3, 0.4) is 0 Å². The van der Waals surface area contributed by atoms with Crippen molar-refractivity contribution in [3.05, 3.63) is 17.9 Å². The van der Waals surface area contributed by atoms with E-state index in [1.165, 1.54) is 30.2 Å². The average Bonchev–Trinajstić information content (AvgIpc) is 2.91. The maximum absolute atomic E-state index is 5.91. The van der Waals surface area contributed by atoms with Gasteiger partial charge in [0, 0.05) is 0 Å². The van der Waals surface area contributed by atoms with Crippen LogP contribution in [-0.2, 0) is 0 Å². The monoisotopic (exact) mass is 294 g/mol. The van der Waals surface area contributed by atoms with Crippen LogP contribution in [0.5, 0.6) is 6.01 Å². The number of halogens is 1. The number of hydrogen-bond donors (Lipinski definition) is 0. The first-order valence-corrected chi connectivity index (χ1v) is 7.02. The van der Waals surface area contributed by atoms with Crippen LogP contribution in [0.4, 0.5) is 0 Å². The van der Waals surface area contributed by atoms with Gasteiger partial charge in [0.1, 0.15) is 18.8 Å². The van der Waals surface area contributed by atoms with Crippen molar-refractivity contribution in [2.24, 2.45) is 5.92 Å². The molecule has 106 valence electrons. The van der Waals surface area contributed by atoms with Gasteiger partial charge in [-0.05, 0) is 36.8 Å².